The Bertz CT molecular complexity index is 630. The van der Waals surface area contributed by atoms with Gasteiger partial charge in [-0.1, -0.05) is 18.2 Å². The largest absolute Gasteiger partial charge is 0.478 e. The van der Waals surface area contributed by atoms with Crippen molar-refractivity contribution in [3.63, 3.8) is 0 Å². The molecule has 1 atom stereocenters. The summed E-state index contributed by atoms with van der Waals surface area (Å²) < 4.78 is 10.3. The molecule has 2 N–H and O–H groups in total. The zero-order chi connectivity index (χ0) is 15.2. The summed E-state index contributed by atoms with van der Waals surface area (Å²) in [6.07, 6.45) is 1.20. The van der Waals surface area contributed by atoms with E-state index in [0.717, 1.165) is 10.9 Å². The molecule has 1 unspecified atom stereocenters. The molecule has 112 valence electrons. The minimum absolute atomic E-state index is 0.140. The van der Waals surface area contributed by atoms with Crippen LogP contribution in [0.2, 0.25) is 0 Å². The van der Waals surface area contributed by atoms with Gasteiger partial charge in [-0.15, -0.1) is 0 Å². The third kappa shape index (κ3) is 3.48. The molecule has 0 amide bonds. The average Bonchev–Trinajstić information content (AvgIpc) is 2.50. The Morgan fingerprint density at radius 2 is 2.14 bits per heavy atom. The topological polar surface area (TPSA) is 80.7 Å². The second-order valence-electron chi connectivity index (χ2n) is 4.56. The summed E-state index contributed by atoms with van der Waals surface area (Å²) in [6, 6.07) is 7.40. The van der Waals surface area contributed by atoms with E-state index in [1.807, 2.05) is 24.3 Å². The molecule has 0 aliphatic heterocycles. The lowest BCUT2D eigenvalue weighted by atomic mass is 10.1. The molecule has 0 saturated heterocycles. The number of methoxy groups -OCH3 is 2. The summed E-state index contributed by atoms with van der Waals surface area (Å²) >= 11 is 0. The number of pyridine rings is 1. The Balaban J connectivity index is 2.35. The van der Waals surface area contributed by atoms with Gasteiger partial charge >= 0.3 is 5.97 Å². The van der Waals surface area contributed by atoms with Crippen molar-refractivity contribution in [2.45, 2.75) is 6.10 Å². The van der Waals surface area contributed by atoms with Crippen molar-refractivity contribution in [3.05, 3.63) is 36.0 Å². The number of hydrogen-bond donors (Lipinski definition) is 2. The van der Waals surface area contributed by atoms with Crippen LogP contribution in [0.3, 0.4) is 0 Å². The van der Waals surface area contributed by atoms with E-state index in [1.165, 1.54) is 6.20 Å². The molecule has 2 rings (SSSR count). The number of anilines is 1. The Morgan fingerprint density at radius 1 is 1.38 bits per heavy atom. The molecule has 0 bridgehead atoms. The van der Waals surface area contributed by atoms with E-state index in [0.29, 0.717) is 18.8 Å². The van der Waals surface area contributed by atoms with Gasteiger partial charge < -0.3 is 19.9 Å². The van der Waals surface area contributed by atoms with Gasteiger partial charge in [0, 0.05) is 32.3 Å². The number of aromatic nitrogens is 1. The van der Waals surface area contributed by atoms with E-state index in [2.05, 4.69) is 10.3 Å². The second kappa shape index (κ2) is 7.01. The lowest BCUT2D eigenvalue weighted by Gasteiger charge is -2.18. The number of benzene rings is 1. The summed E-state index contributed by atoms with van der Waals surface area (Å²) in [4.78, 5) is 15.5. The third-order valence-electron chi connectivity index (χ3n) is 3.20. The average molecular weight is 290 g/mol. The first-order valence-electron chi connectivity index (χ1n) is 6.54. The second-order valence-corrected chi connectivity index (χ2v) is 4.56. The van der Waals surface area contributed by atoms with Gasteiger partial charge in [-0.3, -0.25) is 4.98 Å². The minimum atomic E-state index is -1.02. The fraction of sp³-hybridized carbons (Fsp3) is 0.333. The van der Waals surface area contributed by atoms with Crippen molar-refractivity contribution >= 4 is 22.6 Å². The van der Waals surface area contributed by atoms with Crippen molar-refractivity contribution < 1.29 is 19.4 Å². The zero-order valence-corrected chi connectivity index (χ0v) is 12.0. The molecule has 0 aliphatic rings. The first-order valence-corrected chi connectivity index (χ1v) is 6.54. The maximum Gasteiger partial charge on any atom is 0.339 e. The Labute approximate surface area is 122 Å². The number of nitrogens with one attached hydrogen (secondary N) is 1. The highest BCUT2D eigenvalue weighted by Gasteiger charge is 2.16. The predicted molar refractivity (Wildman–Crippen MR) is 79.9 cm³/mol. The number of carbonyl (C=O) groups is 1. The zero-order valence-electron chi connectivity index (χ0n) is 12.0. The first-order chi connectivity index (χ1) is 10.2. The number of ether oxygens (including phenoxy) is 2. The van der Waals surface area contributed by atoms with Gasteiger partial charge in [0.15, 0.2) is 0 Å². The number of hydrogen-bond acceptors (Lipinski definition) is 5. The van der Waals surface area contributed by atoms with Gasteiger partial charge in [0.2, 0.25) is 0 Å². The van der Waals surface area contributed by atoms with Crippen LogP contribution in [-0.4, -0.2) is 49.5 Å². The number of carboxylic acids is 1. The SMILES string of the molecule is COCC(CNc1c(C(=O)O)cnc2ccccc12)OC. The maximum absolute atomic E-state index is 11.4. The van der Waals surface area contributed by atoms with Gasteiger partial charge in [-0.25, -0.2) is 4.79 Å². The van der Waals surface area contributed by atoms with E-state index < -0.39 is 5.97 Å². The van der Waals surface area contributed by atoms with Crippen LogP contribution >= 0.6 is 0 Å². The van der Waals surface area contributed by atoms with Crippen molar-refractivity contribution in [1.29, 1.82) is 0 Å². The van der Waals surface area contributed by atoms with Gasteiger partial charge in [0.25, 0.3) is 0 Å². The molecule has 6 nitrogen and oxygen atoms in total. The molecule has 1 aromatic carbocycles. The molecule has 1 aromatic heterocycles. The van der Waals surface area contributed by atoms with E-state index in [1.54, 1.807) is 14.2 Å². The fourth-order valence-corrected chi connectivity index (χ4v) is 2.11. The maximum atomic E-state index is 11.4. The number of aromatic carboxylic acids is 1. The van der Waals surface area contributed by atoms with E-state index in [-0.39, 0.29) is 11.7 Å². The van der Waals surface area contributed by atoms with Crippen LogP contribution in [0.4, 0.5) is 5.69 Å². The lowest BCUT2D eigenvalue weighted by Crippen LogP contribution is -2.27. The van der Waals surface area contributed by atoms with Crippen LogP contribution < -0.4 is 5.32 Å². The highest BCUT2D eigenvalue weighted by atomic mass is 16.5. The predicted octanol–water partition coefficient (Wildman–Crippen LogP) is 2.01. The molecular formula is C15H18N2O4. The number of rotatable bonds is 7. The Kier molecular flexibility index (Phi) is 5.08. The minimum Gasteiger partial charge on any atom is -0.478 e. The van der Waals surface area contributed by atoms with Crippen LogP contribution in [-0.2, 0) is 9.47 Å². The van der Waals surface area contributed by atoms with Crippen LogP contribution in [0, 0.1) is 0 Å². The number of para-hydroxylation sites is 1. The molecular weight excluding hydrogens is 272 g/mol. The van der Waals surface area contributed by atoms with E-state index >= 15 is 0 Å². The molecule has 2 aromatic rings. The summed E-state index contributed by atoms with van der Waals surface area (Å²) in [5, 5.41) is 13.2. The fourth-order valence-electron chi connectivity index (χ4n) is 2.11. The molecule has 21 heavy (non-hydrogen) atoms. The number of carboxylic acid groups (broad SMARTS) is 1. The summed E-state index contributed by atoms with van der Waals surface area (Å²) in [6.45, 7) is 0.869. The summed E-state index contributed by atoms with van der Waals surface area (Å²) in [5.41, 5.74) is 1.43. The highest BCUT2D eigenvalue weighted by molar-refractivity contribution is 6.04. The van der Waals surface area contributed by atoms with Gasteiger partial charge in [0.1, 0.15) is 5.56 Å². The first kappa shape index (κ1) is 15.2. The lowest BCUT2D eigenvalue weighted by molar-refractivity contribution is 0.0365. The van der Waals surface area contributed by atoms with Crippen LogP contribution in [0.1, 0.15) is 10.4 Å². The van der Waals surface area contributed by atoms with Gasteiger partial charge in [-0.2, -0.15) is 0 Å². The monoisotopic (exact) mass is 290 g/mol. The van der Waals surface area contributed by atoms with Crippen molar-refractivity contribution in [2.24, 2.45) is 0 Å². The highest BCUT2D eigenvalue weighted by Crippen LogP contribution is 2.25. The Hall–Kier alpha value is -2.18. The van der Waals surface area contributed by atoms with E-state index in [9.17, 15) is 9.90 Å². The molecule has 0 saturated carbocycles. The number of nitrogens with zero attached hydrogens (tertiary/aromatic N) is 1. The van der Waals surface area contributed by atoms with Crippen molar-refractivity contribution in [3.8, 4) is 0 Å². The van der Waals surface area contributed by atoms with Gasteiger partial charge in [0.05, 0.1) is 23.9 Å². The quantitative estimate of drug-likeness (QED) is 0.812. The van der Waals surface area contributed by atoms with E-state index in [4.69, 9.17) is 9.47 Å². The molecule has 0 spiro atoms. The smallest absolute Gasteiger partial charge is 0.339 e. The normalized spacial score (nSPS) is 12.3. The van der Waals surface area contributed by atoms with Crippen LogP contribution in [0.5, 0.6) is 0 Å². The molecule has 1 heterocycles. The molecule has 0 aliphatic carbocycles. The van der Waals surface area contributed by atoms with Gasteiger partial charge in [-0.05, 0) is 6.07 Å². The Morgan fingerprint density at radius 3 is 2.81 bits per heavy atom. The van der Waals surface area contributed by atoms with Crippen molar-refractivity contribution in [2.75, 3.05) is 32.7 Å². The molecule has 6 heteroatoms. The standard InChI is InChI=1S/C15H18N2O4/c1-20-9-10(21-2)7-17-14-11-5-3-4-6-13(11)16-8-12(14)15(18)19/h3-6,8,10H,7,9H2,1-2H3,(H,16,17)(H,18,19). The molecule has 0 radical (unpaired) electrons. The number of fused-ring (bicyclic) bond motifs is 1. The van der Waals surface area contributed by atoms with Crippen molar-refractivity contribution in [1.82, 2.24) is 4.98 Å². The summed E-state index contributed by atoms with van der Waals surface area (Å²) in [7, 11) is 3.19. The van der Waals surface area contributed by atoms with Crippen LogP contribution in [0.25, 0.3) is 10.9 Å². The molecule has 0 fully saturated rings. The van der Waals surface area contributed by atoms with Crippen LogP contribution in [0.15, 0.2) is 30.5 Å². The summed E-state index contributed by atoms with van der Waals surface area (Å²) in [5.74, 6) is -1.02. The third-order valence-corrected chi connectivity index (χ3v) is 3.20.